The average Bonchev–Trinajstić information content (AvgIpc) is 2.54. The van der Waals surface area contributed by atoms with E-state index in [0.717, 1.165) is 50.4 Å². The van der Waals surface area contributed by atoms with Crippen molar-refractivity contribution in [1.82, 2.24) is 0 Å². The molecule has 0 amide bonds. The molecule has 0 atom stereocenters. The Morgan fingerprint density at radius 2 is 1.68 bits per heavy atom. The third kappa shape index (κ3) is 5.36. The van der Waals surface area contributed by atoms with Gasteiger partial charge >= 0.3 is 5.97 Å². The summed E-state index contributed by atoms with van der Waals surface area (Å²) >= 11 is 0. The van der Waals surface area contributed by atoms with Gasteiger partial charge in [0, 0.05) is 0 Å². The maximum Gasteiger partial charge on any atom is 0.314 e. The zero-order valence-electron chi connectivity index (χ0n) is 13.8. The van der Waals surface area contributed by atoms with Crippen LogP contribution in [0.25, 0.3) is 0 Å². The van der Waals surface area contributed by atoms with Crippen LogP contribution in [-0.2, 0) is 4.79 Å². The second kappa shape index (κ2) is 8.82. The summed E-state index contributed by atoms with van der Waals surface area (Å²) in [6, 6.07) is 7.38. The Balaban J connectivity index is 1.77. The number of hydrogen-bond donors (Lipinski definition) is 0. The largest absolute Gasteiger partial charge is 0.494 e. The molecule has 1 aliphatic rings. The van der Waals surface area contributed by atoms with E-state index in [-0.39, 0.29) is 11.9 Å². The fourth-order valence-electron chi connectivity index (χ4n) is 2.84. The molecule has 0 N–H and O–H groups in total. The van der Waals surface area contributed by atoms with Gasteiger partial charge in [-0.05, 0) is 62.3 Å². The van der Waals surface area contributed by atoms with Crippen molar-refractivity contribution in [2.75, 3.05) is 6.61 Å². The van der Waals surface area contributed by atoms with E-state index in [9.17, 15) is 4.79 Å². The number of carbonyl (C=O) groups excluding carboxylic acids is 1. The van der Waals surface area contributed by atoms with Crippen molar-refractivity contribution in [3.63, 3.8) is 0 Å². The molecule has 1 aromatic carbocycles. The maximum absolute atomic E-state index is 12.1. The average molecular weight is 304 g/mol. The molecule has 1 aromatic rings. The first-order valence-electron chi connectivity index (χ1n) is 8.63. The van der Waals surface area contributed by atoms with E-state index < -0.39 is 0 Å². The van der Waals surface area contributed by atoms with Crippen molar-refractivity contribution in [3.05, 3.63) is 24.3 Å². The first-order valence-corrected chi connectivity index (χ1v) is 8.63. The predicted molar refractivity (Wildman–Crippen MR) is 88.2 cm³/mol. The molecule has 0 spiro atoms. The second-order valence-electron chi connectivity index (χ2n) is 6.40. The van der Waals surface area contributed by atoms with Gasteiger partial charge < -0.3 is 9.47 Å². The quantitative estimate of drug-likeness (QED) is 0.404. The van der Waals surface area contributed by atoms with Crippen molar-refractivity contribution >= 4 is 5.97 Å². The fourth-order valence-corrected chi connectivity index (χ4v) is 2.84. The van der Waals surface area contributed by atoms with E-state index in [4.69, 9.17) is 9.47 Å². The van der Waals surface area contributed by atoms with Crippen LogP contribution in [0.4, 0.5) is 0 Å². The highest BCUT2D eigenvalue weighted by Crippen LogP contribution is 2.29. The van der Waals surface area contributed by atoms with Crippen LogP contribution >= 0.6 is 0 Å². The minimum absolute atomic E-state index is 0.0705. The topological polar surface area (TPSA) is 35.5 Å². The molecule has 22 heavy (non-hydrogen) atoms. The van der Waals surface area contributed by atoms with Crippen LogP contribution in [0.2, 0.25) is 0 Å². The first kappa shape index (κ1) is 16.9. The summed E-state index contributed by atoms with van der Waals surface area (Å²) in [7, 11) is 0. The van der Waals surface area contributed by atoms with Crippen LogP contribution in [-0.4, -0.2) is 12.6 Å². The lowest BCUT2D eigenvalue weighted by atomic mass is 9.83. The van der Waals surface area contributed by atoms with E-state index in [1.165, 1.54) is 12.8 Å². The van der Waals surface area contributed by atoms with E-state index in [2.05, 4.69) is 13.8 Å². The first-order chi connectivity index (χ1) is 10.7. The van der Waals surface area contributed by atoms with Gasteiger partial charge in [0.25, 0.3) is 0 Å². The molecule has 3 heteroatoms. The summed E-state index contributed by atoms with van der Waals surface area (Å²) in [6.07, 6.45) is 7.63. The van der Waals surface area contributed by atoms with Crippen molar-refractivity contribution in [1.29, 1.82) is 0 Å². The summed E-state index contributed by atoms with van der Waals surface area (Å²) in [4.78, 5) is 12.1. The van der Waals surface area contributed by atoms with Gasteiger partial charge in [-0.3, -0.25) is 4.79 Å². The molecule has 0 bridgehead atoms. The third-order valence-corrected chi connectivity index (χ3v) is 4.41. The fraction of sp³-hybridized carbons (Fsp3) is 0.632. The third-order valence-electron chi connectivity index (χ3n) is 4.41. The molecule has 0 aliphatic heterocycles. The minimum atomic E-state index is -0.0801. The van der Waals surface area contributed by atoms with Gasteiger partial charge in [-0.1, -0.05) is 26.7 Å². The number of benzene rings is 1. The molecule has 3 nitrogen and oxygen atoms in total. The number of hydrogen-bond acceptors (Lipinski definition) is 3. The van der Waals surface area contributed by atoms with Crippen LogP contribution in [0.1, 0.15) is 58.8 Å². The van der Waals surface area contributed by atoms with Crippen LogP contribution in [0.5, 0.6) is 11.5 Å². The van der Waals surface area contributed by atoms with Gasteiger partial charge in [0.2, 0.25) is 0 Å². The molecule has 2 rings (SSSR count). The monoisotopic (exact) mass is 304 g/mol. The van der Waals surface area contributed by atoms with Crippen molar-refractivity contribution in [2.45, 2.75) is 58.8 Å². The standard InChI is InChI=1S/C19H28O3/c1-3-4-5-14-21-17-10-12-18(13-11-17)22-19(20)16-8-6-15(2)7-9-16/h10-13,15-16H,3-9,14H2,1-2H3. The summed E-state index contributed by atoms with van der Waals surface area (Å²) in [6.45, 7) is 5.17. The molecule has 0 aromatic heterocycles. The smallest absolute Gasteiger partial charge is 0.314 e. The lowest BCUT2D eigenvalue weighted by molar-refractivity contribution is -0.140. The zero-order valence-corrected chi connectivity index (χ0v) is 13.8. The van der Waals surface area contributed by atoms with Crippen LogP contribution < -0.4 is 9.47 Å². The molecule has 0 radical (unpaired) electrons. The van der Waals surface area contributed by atoms with Crippen LogP contribution in [0, 0.1) is 11.8 Å². The van der Waals surface area contributed by atoms with E-state index >= 15 is 0 Å². The second-order valence-corrected chi connectivity index (χ2v) is 6.40. The molecule has 0 heterocycles. The van der Waals surface area contributed by atoms with Gasteiger partial charge in [0.15, 0.2) is 0 Å². The predicted octanol–water partition coefficient (Wildman–Crippen LogP) is 4.99. The van der Waals surface area contributed by atoms with Gasteiger partial charge in [-0.25, -0.2) is 0 Å². The van der Waals surface area contributed by atoms with E-state index in [0.29, 0.717) is 5.75 Å². The summed E-state index contributed by atoms with van der Waals surface area (Å²) in [5.74, 6) is 2.18. The lowest BCUT2D eigenvalue weighted by Gasteiger charge is -2.24. The summed E-state index contributed by atoms with van der Waals surface area (Å²) in [5.41, 5.74) is 0. The molecule has 0 saturated heterocycles. The van der Waals surface area contributed by atoms with E-state index in [1.807, 2.05) is 24.3 Å². The number of carbonyl (C=O) groups is 1. The Labute approximate surface area is 134 Å². The van der Waals surface area contributed by atoms with E-state index in [1.54, 1.807) is 0 Å². The molecule has 1 fully saturated rings. The Morgan fingerprint density at radius 1 is 1.05 bits per heavy atom. The van der Waals surface area contributed by atoms with Gasteiger partial charge in [0.1, 0.15) is 11.5 Å². The van der Waals surface area contributed by atoms with Crippen LogP contribution in [0.3, 0.4) is 0 Å². The number of ether oxygens (including phenoxy) is 2. The normalized spacial score (nSPS) is 21.4. The Kier molecular flexibility index (Phi) is 6.75. The molecule has 1 saturated carbocycles. The van der Waals surface area contributed by atoms with Crippen molar-refractivity contribution in [3.8, 4) is 11.5 Å². The minimum Gasteiger partial charge on any atom is -0.494 e. The number of unbranched alkanes of at least 4 members (excludes halogenated alkanes) is 2. The highest BCUT2D eigenvalue weighted by molar-refractivity contribution is 5.75. The summed E-state index contributed by atoms with van der Waals surface area (Å²) < 4.78 is 11.1. The van der Waals surface area contributed by atoms with Crippen molar-refractivity contribution in [2.24, 2.45) is 11.8 Å². The number of esters is 1. The van der Waals surface area contributed by atoms with Gasteiger partial charge in [0.05, 0.1) is 12.5 Å². The molecule has 1 aliphatic carbocycles. The SMILES string of the molecule is CCCCCOc1ccc(OC(=O)C2CCC(C)CC2)cc1. The highest BCUT2D eigenvalue weighted by atomic mass is 16.5. The molecule has 122 valence electrons. The van der Waals surface area contributed by atoms with Gasteiger partial charge in [-0.15, -0.1) is 0 Å². The summed E-state index contributed by atoms with van der Waals surface area (Å²) in [5, 5.41) is 0. The molecular weight excluding hydrogens is 276 g/mol. The molecular formula is C19H28O3. The lowest BCUT2D eigenvalue weighted by Crippen LogP contribution is -2.24. The zero-order chi connectivity index (χ0) is 15.8. The Hall–Kier alpha value is -1.51. The highest BCUT2D eigenvalue weighted by Gasteiger charge is 2.25. The Bertz CT molecular complexity index is 444. The van der Waals surface area contributed by atoms with Crippen molar-refractivity contribution < 1.29 is 14.3 Å². The number of rotatable bonds is 7. The van der Waals surface area contributed by atoms with Crippen LogP contribution in [0.15, 0.2) is 24.3 Å². The maximum atomic E-state index is 12.1. The molecule has 0 unspecified atom stereocenters. The van der Waals surface area contributed by atoms with Gasteiger partial charge in [-0.2, -0.15) is 0 Å². The Morgan fingerprint density at radius 3 is 2.32 bits per heavy atom.